The lowest BCUT2D eigenvalue weighted by Gasteiger charge is -2.11. The Labute approximate surface area is 141 Å². The summed E-state index contributed by atoms with van der Waals surface area (Å²) in [5.41, 5.74) is 0.725. The molecule has 0 aromatic heterocycles. The van der Waals surface area contributed by atoms with Crippen LogP contribution in [0.15, 0.2) is 23.1 Å². The molecule has 0 atom stereocenters. The van der Waals surface area contributed by atoms with E-state index in [1.165, 1.54) is 12.0 Å². The van der Waals surface area contributed by atoms with E-state index < -0.39 is 5.97 Å². The Kier molecular flexibility index (Phi) is 5.27. The number of thioether (sulfide) groups is 1. The molecule has 1 aliphatic rings. The van der Waals surface area contributed by atoms with Gasteiger partial charge in [0.05, 0.1) is 22.1 Å². The van der Waals surface area contributed by atoms with Gasteiger partial charge in [-0.3, -0.25) is 14.5 Å². The third kappa shape index (κ3) is 3.77. The second-order valence-electron chi connectivity index (χ2n) is 4.02. The van der Waals surface area contributed by atoms with Crippen LogP contribution in [0, 0.1) is 0 Å². The normalized spacial score (nSPS) is 16.7. The molecule has 2 rings (SSSR count). The zero-order valence-electron chi connectivity index (χ0n) is 10.8. The first-order chi connectivity index (χ1) is 9.92. The molecule has 0 saturated carbocycles. The van der Waals surface area contributed by atoms with Gasteiger partial charge in [-0.2, -0.15) is 0 Å². The summed E-state index contributed by atoms with van der Waals surface area (Å²) in [7, 11) is 1.26. The second-order valence-corrected chi connectivity index (χ2v) is 6.51. The Morgan fingerprint density at radius 1 is 1.43 bits per heavy atom. The van der Waals surface area contributed by atoms with Crippen molar-refractivity contribution < 1.29 is 14.3 Å². The van der Waals surface area contributed by atoms with Crippen LogP contribution in [-0.2, 0) is 14.3 Å². The van der Waals surface area contributed by atoms with Gasteiger partial charge < -0.3 is 4.74 Å². The van der Waals surface area contributed by atoms with Crippen molar-refractivity contribution in [2.45, 2.75) is 0 Å². The Morgan fingerprint density at radius 3 is 2.76 bits per heavy atom. The summed E-state index contributed by atoms with van der Waals surface area (Å²) in [6.45, 7) is -0.195. The maximum atomic E-state index is 12.2. The first-order valence-electron chi connectivity index (χ1n) is 5.69. The highest BCUT2D eigenvalue weighted by molar-refractivity contribution is 8.26. The maximum Gasteiger partial charge on any atom is 0.325 e. The summed E-state index contributed by atoms with van der Waals surface area (Å²) in [5.74, 6) is -0.858. The number of rotatable bonds is 3. The molecule has 0 aliphatic carbocycles. The van der Waals surface area contributed by atoms with Gasteiger partial charge in [-0.25, -0.2) is 0 Å². The number of halogens is 2. The molecule has 1 fully saturated rings. The molecule has 0 spiro atoms. The lowest BCUT2D eigenvalue weighted by molar-refractivity contribution is -0.143. The fourth-order valence-corrected chi connectivity index (χ4v) is 3.15. The van der Waals surface area contributed by atoms with Gasteiger partial charge in [0.15, 0.2) is 0 Å². The van der Waals surface area contributed by atoms with Crippen LogP contribution in [0.2, 0.25) is 10.0 Å². The van der Waals surface area contributed by atoms with E-state index in [9.17, 15) is 9.59 Å². The molecule has 0 bridgehead atoms. The van der Waals surface area contributed by atoms with E-state index in [0.29, 0.717) is 19.3 Å². The van der Waals surface area contributed by atoms with Gasteiger partial charge >= 0.3 is 5.97 Å². The lowest BCUT2D eigenvalue weighted by Crippen LogP contribution is -2.33. The first kappa shape index (κ1) is 16.3. The van der Waals surface area contributed by atoms with E-state index in [-0.39, 0.29) is 12.5 Å². The monoisotopic (exact) mass is 361 g/mol. The van der Waals surface area contributed by atoms with E-state index in [4.69, 9.17) is 35.4 Å². The number of hydrogen-bond donors (Lipinski definition) is 0. The van der Waals surface area contributed by atoms with Crippen molar-refractivity contribution in [3.8, 4) is 0 Å². The van der Waals surface area contributed by atoms with Gasteiger partial charge in [0.25, 0.3) is 5.91 Å². The molecule has 0 N–H and O–H groups in total. The molecule has 1 aliphatic heterocycles. The minimum atomic E-state index is -0.526. The van der Waals surface area contributed by atoms with Crippen LogP contribution in [-0.4, -0.2) is 34.8 Å². The third-order valence-corrected chi connectivity index (χ3v) is 4.75. The summed E-state index contributed by atoms with van der Waals surface area (Å²) < 4.78 is 4.85. The predicted molar refractivity (Wildman–Crippen MR) is 88.4 cm³/mol. The molecule has 110 valence electrons. The summed E-state index contributed by atoms with van der Waals surface area (Å²) in [6, 6.07) is 5.03. The van der Waals surface area contributed by atoms with Gasteiger partial charge in [0.2, 0.25) is 0 Å². The van der Waals surface area contributed by atoms with Gasteiger partial charge in [-0.05, 0) is 23.8 Å². The molecule has 1 saturated heterocycles. The van der Waals surface area contributed by atoms with E-state index in [0.717, 1.165) is 17.3 Å². The van der Waals surface area contributed by atoms with Crippen LogP contribution < -0.4 is 0 Å². The molecular weight excluding hydrogens is 353 g/mol. The number of esters is 1. The lowest BCUT2D eigenvalue weighted by atomic mass is 10.2. The molecule has 0 radical (unpaired) electrons. The summed E-state index contributed by atoms with van der Waals surface area (Å²) >= 11 is 18.0. The average molecular weight is 362 g/mol. The minimum absolute atomic E-state index is 0.195. The van der Waals surface area contributed by atoms with E-state index in [2.05, 4.69) is 4.74 Å². The zero-order valence-corrected chi connectivity index (χ0v) is 13.9. The second kappa shape index (κ2) is 6.79. The smallest absolute Gasteiger partial charge is 0.325 e. The Morgan fingerprint density at radius 2 is 2.14 bits per heavy atom. The quantitative estimate of drug-likeness (QED) is 0.469. The highest BCUT2D eigenvalue weighted by atomic mass is 35.5. The van der Waals surface area contributed by atoms with Crippen LogP contribution in [0.25, 0.3) is 6.08 Å². The van der Waals surface area contributed by atoms with Crippen molar-refractivity contribution in [3.05, 3.63) is 38.7 Å². The largest absolute Gasteiger partial charge is 0.468 e. The molecule has 1 aromatic rings. The van der Waals surface area contributed by atoms with E-state index >= 15 is 0 Å². The highest BCUT2D eigenvalue weighted by Gasteiger charge is 2.33. The molecular formula is C13H9Cl2NO3S2. The number of hydrogen-bond acceptors (Lipinski definition) is 5. The summed E-state index contributed by atoms with van der Waals surface area (Å²) in [4.78, 5) is 25.1. The Balaban J connectivity index is 2.23. The zero-order chi connectivity index (χ0) is 15.6. The highest BCUT2D eigenvalue weighted by Crippen LogP contribution is 2.33. The number of ether oxygens (including phenoxy) is 1. The van der Waals surface area contributed by atoms with Crippen molar-refractivity contribution in [3.63, 3.8) is 0 Å². The topological polar surface area (TPSA) is 46.6 Å². The summed E-state index contributed by atoms with van der Waals surface area (Å²) in [5, 5.41) is 0.836. The summed E-state index contributed by atoms with van der Waals surface area (Å²) in [6.07, 6.45) is 1.65. The predicted octanol–water partition coefficient (Wildman–Crippen LogP) is 3.37. The van der Waals surface area contributed by atoms with Crippen LogP contribution in [0.5, 0.6) is 0 Å². The van der Waals surface area contributed by atoms with Crippen LogP contribution >= 0.6 is 47.2 Å². The Hall–Kier alpha value is -1.08. The Bertz CT molecular complexity index is 661. The number of carbonyl (C=O) groups is 2. The third-order valence-electron chi connectivity index (χ3n) is 2.63. The standard InChI is InChI=1S/C13H9Cl2NO3S2/c1-19-11(17)6-16-12(18)10(21-13(16)20)5-7-2-3-8(14)9(15)4-7/h2-5H,6H2,1H3/b10-5-. The molecule has 21 heavy (non-hydrogen) atoms. The molecule has 1 amide bonds. The fourth-order valence-electron chi connectivity index (χ4n) is 1.58. The molecule has 0 unspecified atom stereocenters. The average Bonchev–Trinajstić information content (AvgIpc) is 2.70. The van der Waals surface area contributed by atoms with Crippen molar-refractivity contribution in [1.29, 1.82) is 0 Å². The molecule has 8 heteroatoms. The number of amides is 1. The molecule has 1 heterocycles. The van der Waals surface area contributed by atoms with Crippen LogP contribution in [0.4, 0.5) is 0 Å². The maximum absolute atomic E-state index is 12.2. The number of carbonyl (C=O) groups excluding carboxylic acids is 2. The number of methoxy groups -OCH3 is 1. The van der Waals surface area contributed by atoms with Crippen LogP contribution in [0.3, 0.4) is 0 Å². The van der Waals surface area contributed by atoms with Gasteiger partial charge in [-0.1, -0.05) is 53.2 Å². The van der Waals surface area contributed by atoms with Crippen molar-refractivity contribution in [2.75, 3.05) is 13.7 Å². The van der Waals surface area contributed by atoms with Crippen LogP contribution in [0.1, 0.15) is 5.56 Å². The van der Waals surface area contributed by atoms with E-state index in [1.54, 1.807) is 24.3 Å². The number of thiocarbonyl (C=S) groups is 1. The number of benzene rings is 1. The van der Waals surface area contributed by atoms with Crippen molar-refractivity contribution in [1.82, 2.24) is 4.90 Å². The molecule has 4 nitrogen and oxygen atoms in total. The fraction of sp³-hybridized carbons (Fsp3) is 0.154. The first-order valence-corrected chi connectivity index (χ1v) is 7.67. The van der Waals surface area contributed by atoms with Crippen molar-refractivity contribution >= 4 is 69.5 Å². The van der Waals surface area contributed by atoms with Gasteiger partial charge in [0, 0.05) is 0 Å². The van der Waals surface area contributed by atoms with Gasteiger partial charge in [-0.15, -0.1) is 0 Å². The van der Waals surface area contributed by atoms with Crippen molar-refractivity contribution in [2.24, 2.45) is 0 Å². The van der Waals surface area contributed by atoms with Gasteiger partial charge in [0.1, 0.15) is 10.9 Å². The minimum Gasteiger partial charge on any atom is -0.468 e. The molecule has 1 aromatic carbocycles. The number of nitrogens with zero attached hydrogens (tertiary/aromatic N) is 1. The van der Waals surface area contributed by atoms with E-state index in [1.807, 2.05) is 0 Å². The SMILES string of the molecule is COC(=O)CN1C(=O)/C(=C/c2ccc(Cl)c(Cl)c2)SC1=S.